The third-order valence-electron chi connectivity index (χ3n) is 2.46. The van der Waals surface area contributed by atoms with Crippen LogP contribution in [0.25, 0.3) is 0 Å². The Labute approximate surface area is 101 Å². The minimum absolute atomic E-state index is 0.0713. The second kappa shape index (κ2) is 5.10. The van der Waals surface area contributed by atoms with Crippen LogP contribution in [0.4, 0.5) is 0 Å². The van der Waals surface area contributed by atoms with Gasteiger partial charge in [-0.1, -0.05) is 11.6 Å². The van der Waals surface area contributed by atoms with Gasteiger partial charge < -0.3 is 10.1 Å². The largest absolute Gasteiger partial charge is 0.496 e. The molecule has 1 unspecified atom stereocenters. The van der Waals surface area contributed by atoms with E-state index in [4.69, 9.17) is 16.3 Å². The Morgan fingerprint density at radius 1 is 1.47 bits per heavy atom. The number of benzene rings is 1. The van der Waals surface area contributed by atoms with Gasteiger partial charge in [0.1, 0.15) is 5.75 Å². The molecule has 0 amide bonds. The Bertz CT molecular complexity index is 368. The van der Waals surface area contributed by atoms with Crippen LogP contribution < -0.4 is 10.1 Å². The molecule has 0 radical (unpaired) electrons. The number of nitrogens with one attached hydrogen (secondary N) is 1. The molecule has 1 aromatic carbocycles. The van der Waals surface area contributed by atoms with E-state index in [-0.39, 0.29) is 5.37 Å². The first-order chi connectivity index (χ1) is 7.02. The van der Waals surface area contributed by atoms with E-state index in [2.05, 4.69) is 17.9 Å². The zero-order chi connectivity index (χ0) is 11.6. The number of ether oxygens (including phenoxy) is 1. The molecule has 0 saturated heterocycles. The fourth-order valence-corrected chi connectivity index (χ4v) is 2.07. The highest BCUT2D eigenvalue weighted by molar-refractivity contribution is 7.80. The molecule has 0 heterocycles. The number of halogens is 1. The summed E-state index contributed by atoms with van der Waals surface area (Å²) in [6.45, 7) is 3.95. The maximum absolute atomic E-state index is 6.20. The van der Waals surface area contributed by atoms with Crippen LogP contribution in [-0.2, 0) is 0 Å². The van der Waals surface area contributed by atoms with Crippen molar-refractivity contribution in [3.63, 3.8) is 0 Å². The van der Waals surface area contributed by atoms with Crippen LogP contribution in [0.15, 0.2) is 6.07 Å². The third-order valence-corrected chi connectivity index (χ3v) is 3.56. The topological polar surface area (TPSA) is 21.3 Å². The first-order valence-electron chi connectivity index (χ1n) is 4.71. The average Bonchev–Trinajstić information content (AvgIpc) is 2.24. The monoisotopic (exact) mass is 245 g/mol. The Morgan fingerprint density at radius 2 is 2.07 bits per heavy atom. The second-order valence-corrected chi connectivity index (χ2v) is 4.33. The van der Waals surface area contributed by atoms with Gasteiger partial charge in [-0.15, -0.1) is 0 Å². The molecule has 1 aromatic rings. The van der Waals surface area contributed by atoms with Gasteiger partial charge >= 0.3 is 0 Å². The maximum Gasteiger partial charge on any atom is 0.125 e. The molecule has 2 nitrogen and oxygen atoms in total. The molecule has 4 heteroatoms. The van der Waals surface area contributed by atoms with Crippen molar-refractivity contribution in [1.29, 1.82) is 0 Å². The predicted octanol–water partition coefficient (Wildman–Crippen LogP) is 3.11. The van der Waals surface area contributed by atoms with Gasteiger partial charge in [0.25, 0.3) is 0 Å². The van der Waals surface area contributed by atoms with Crippen LogP contribution in [0.2, 0.25) is 5.02 Å². The fourth-order valence-electron chi connectivity index (χ4n) is 1.59. The molecule has 0 aliphatic heterocycles. The molecule has 0 aliphatic carbocycles. The fraction of sp³-hybridized carbons (Fsp3) is 0.455. The third kappa shape index (κ3) is 2.41. The van der Waals surface area contributed by atoms with Crippen LogP contribution >= 0.6 is 24.2 Å². The highest BCUT2D eigenvalue weighted by Crippen LogP contribution is 2.36. The van der Waals surface area contributed by atoms with Crippen LogP contribution in [0.1, 0.15) is 22.1 Å². The summed E-state index contributed by atoms with van der Waals surface area (Å²) >= 11 is 10.6. The normalized spacial score (nSPS) is 12.7. The number of methoxy groups -OCH3 is 1. The Kier molecular flexibility index (Phi) is 4.32. The number of thiol groups is 1. The van der Waals surface area contributed by atoms with Crippen molar-refractivity contribution in [2.75, 3.05) is 14.2 Å². The lowest BCUT2D eigenvalue weighted by Gasteiger charge is -2.19. The van der Waals surface area contributed by atoms with Gasteiger partial charge in [0, 0.05) is 10.6 Å². The molecule has 0 aliphatic rings. The minimum atomic E-state index is -0.0713. The highest BCUT2D eigenvalue weighted by Gasteiger charge is 2.17. The van der Waals surface area contributed by atoms with E-state index < -0.39 is 0 Å². The van der Waals surface area contributed by atoms with E-state index in [0.717, 1.165) is 27.5 Å². The molecule has 84 valence electrons. The zero-order valence-electron chi connectivity index (χ0n) is 9.39. The molecular weight excluding hydrogens is 230 g/mol. The lowest BCUT2D eigenvalue weighted by atomic mass is 10.0. The van der Waals surface area contributed by atoms with E-state index in [0.29, 0.717) is 0 Å². The van der Waals surface area contributed by atoms with Gasteiger partial charge in [0.05, 0.1) is 12.5 Å². The summed E-state index contributed by atoms with van der Waals surface area (Å²) in [5.74, 6) is 0.823. The Hall–Kier alpha value is -0.380. The van der Waals surface area contributed by atoms with Gasteiger partial charge in [0.2, 0.25) is 0 Å². The first-order valence-corrected chi connectivity index (χ1v) is 5.61. The van der Waals surface area contributed by atoms with Crippen molar-refractivity contribution in [3.8, 4) is 5.75 Å². The number of hydrogen-bond acceptors (Lipinski definition) is 3. The van der Waals surface area contributed by atoms with E-state index >= 15 is 0 Å². The van der Waals surface area contributed by atoms with E-state index in [9.17, 15) is 0 Å². The molecule has 1 N–H and O–H groups in total. The molecule has 0 saturated carbocycles. The smallest absolute Gasteiger partial charge is 0.125 e. The molecule has 0 bridgehead atoms. The van der Waals surface area contributed by atoms with Gasteiger partial charge in [-0.3, -0.25) is 0 Å². The van der Waals surface area contributed by atoms with Crippen molar-refractivity contribution in [2.24, 2.45) is 0 Å². The molecule has 0 aromatic heterocycles. The SMILES string of the molecule is CNC(S)c1c(OC)cc(C)c(Cl)c1C. The van der Waals surface area contributed by atoms with Crippen LogP contribution in [-0.4, -0.2) is 14.2 Å². The van der Waals surface area contributed by atoms with E-state index in [1.165, 1.54) is 0 Å². The van der Waals surface area contributed by atoms with Crippen molar-refractivity contribution in [3.05, 3.63) is 27.8 Å². The average molecular weight is 246 g/mol. The summed E-state index contributed by atoms with van der Waals surface area (Å²) < 4.78 is 5.34. The summed E-state index contributed by atoms with van der Waals surface area (Å²) in [4.78, 5) is 0. The Morgan fingerprint density at radius 3 is 2.53 bits per heavy atom. The summed E-state index contributed by atoms with van der Waals surface area (Å²) in [5, 5.41) is 3.78. The van der Waals surface area contributed by atoms with Crippen molar-refractivity contribution < 1.29 is 4.74 Å². The summed E-state index contributed by atoms with van der Waals surface area (Å²) in [6.07, 6.45) is 0. The molecule has 15 heavy (non-hydrogen) atoms. The molecule has 0 fully saturated rings. The highest BCUT2D eigenvalue weighted by atomic mass is 35.5. The van der Waals surface area contributed by atoms with Crippen LogP contribution in [0.3, 0.4) is 0 Å². The standard InChI is InChI=1S/C11H16ClNOS/c1-6-5-8(14-4)9(11(15)13-3)7(2)10(6)12/h5,11,13,15H,1-4H3. The summed E-state index contributed by atoms with van der Waals surface area (Å²) in [5.41, 5.74) is 3.04. The zero-order valence-corrected chi connectivity index (χ0v) is 11.0. The van der Waals surface area contributed by atoms with Crippen molar-refractivity contribution in [1.82, 2.24) is 5.32 Å². The van der Waals surface area contributed by atoms with E-state index in [1.807, 2.05) is 27.0 Å². The predicted molar refractivity (Wildman–Crippen MR) is 68.3 cm³/mol. The van der Waals surface area contributed by atoms with E-state index in [1.54, 1.807) is 7.11 Å². The van der Waals surface area contributed by atoms with Gasteiger partial charge in [-0.05, 0) is 38.1 Å². The minimum Gasteiger partial charge on any atom is -0.496 e. The number of aryl methyl sites for hydroxylation is 1. The first kappa shape index (κ1) is 12.7. The molecule has 1 rings (SSSR count). The number of hydrogen-bond donors (Lipinski definition) is 2. The lowest BCUT2D eigenvalue weighted by molar-refractivity contribution is 0.407. The molecule has 1 atom stereocenters. The van der Waals surface area contributed by atoms with Gasteiger partial charge in [0.15, 0.2) is 0 Å². The molecular formula is C11H16ClNOS. The molecule has 0 spiro atoms. The second-order valence-electron chi connectivity index (χ2n) is 3.44. The van der Waals surface area contributed by atoms with Gasteiger partial charge in [-0.2, -0.15) is 12.6 Å². The Balaban J connectivity index is 3.40. The van der Waals surface area contributed by atoms with Gasteiger partial charge in [-0.25, -0.2) is 0 Å². The van der Waals surface area contributed by atoms with Crippen molar-refractivity contribution >= 4 is 24.2 Å². The maximum atomic E-state index is 6.20. The van der Waals surface area contributed by atoms with Crippen molar-refractivity contribution in [2.45, 2.75) is 19.2 Å². The van der Waals surface area contributed by atoms with Crippen LogP contribution in [0, 0.1) is 13.8 Å². The quantitative estimate of drug-likeness (QED) is 0.631. The van der Waals surface area contributed by atoms with Crippen LogP contribution in [0.5, 0.6) is 5.75 Å². The number of rotatable bonds is 3. The summed E-state index contributed by atoms with van der Waals surface area (Å²) in [7, 11) is 3.51. The lowest BCUT2D eigenvalue weighted by Crippen LogP contribution is -2.13. The summed E-state index contributed by atoms with van der Waals surface area (Å²) in [6, 6.07) is 1.94.